The van der Waals surface area contributed by atoms with Crippen molar-refractivity contribution in [2.75, 3.05) is 0 Å². The Balaban J connectivity index is 1.82. The summed E-state index contributed by atoms with van der Waals surface area (Å²) in [4.78, 5) is 16.0. The third kappa shape index (κ3) is 5.26. The molecule has 0 saturated heterocycles. The van der Waals surface area contributed by atoms with Crippen molar-refractivity contribution < 1.29 is 9.53 Å². The van der Waals surface area contributed by atoms with Gasteiger partial charge in [0.25, 0.3) is 0 Å². The molecular weight excluding hydrogens is 264 g/mol. The summed E-state index contributed by atoms with van der Waals surface area (Å²) in [6, 6.07) is 13.3. The van der Waals surface area contributed by atoms with E-state index >= 15 is 0 Å². The van der Waals surface area contributed by atoms with Crippen LogP contribution in [0.5, 0.6) is 5.75 Å². The van der Waals surface area contributed by atoms with Gasteiger partial charge < -0.3 is 10.1 Å². The highest BCUT2D eigenvalue weighted by atomic mass is 16.5. The van der Waals surface area contributed by atoms with Gasteiger partial charge in [-0.15, -0.1) is 0 Å². The Morgan fingerprint density at radius 3 is 2.57 bits per heavy atom. The maximum absolute atomic E-state index is 11.9. The first kappa shape index (κ1) is 15.0. The van der Waals surface area contributed by atoms with E-state index in [2.05, 4.69) is 10.3 Å². The van der Waals surface area contributed by atoms with Crippen molar-refractivity contribution >= 4 is 5.91 Å². The fourth-order valence-electron chi connectivity index (χ4n) is 1.90. The third-order valence-corrected chi connectivity index (χ3v) is 2.85. The van der Waals surface area contributed by atoms with Gasteiger partial charge in [-0.2, -0.15) is 0 Å². The van der Waals surface area contributed by atoms with Crippen LogP contribution in [0.4, 0.5) is 0 Å². The number of carbonyl (C=O) groups excluding carboxylic acids is 1. The second-order valence-corrected chi connectivity index (χ2v) is 5.09. The minimum Gasteiger partial charge on any atom is -0.491 e. The molecule has 1 N–H and O–H groups in total. The molecule has 1 aromatic carbocycles. The number of ether oxygens (including phenoxy) is 1. The summed E-state index contributed by atoms with van der Waals surface area (Å²) in [5, 5.41) is 2.86. The lowest BCUT2D eigenvalue weighted by molar-refractivity contribution is -0.120. The maximum atomic E-state index is 11.9. The number of nitrogens with one attached hydrogen (secondary N) is 1. The van der Waals surface area contributed by atoms with E-state index < -0.39 is 0 Å². The Bertz CT molecular complexity index is 565. The molecular formula is C17H20N2O2. The van der Waals surface area contributed by atoms with Gasteiger partial charge in [0.2, 0.25) is 5.91 Å². The highest BCUT2D eigenvalue weighted by Gasteiger charge is 2.04. The van der Waals surface area contributed by atoms with E-state index in [4.69, 9.17) is 4.74 Å². The molecule has 4 nitrogen and oxygen atoms in total. The van der Waals surface area contributed by atoms with Crippen LogP contribution < -0.4 is 10.1 Å². The number of pyridine rings is 1. The summed E-state index contributed by atoms with van der Waals surface area (Å²) in [6.07, 6.45) is 2.22. The van der Waals surface area contributed by atoms with E-state index in [0.29, 0.717) is 13.0 Å². The van der Waals surface area contributed by atoms with Crippen LogP contribution in [0.15, 0.2) is 48.7 Å². The molecule has 0 spiro atoms. The number of hydrogen-bond donors (Lipinski definition) is 1. The average Bonchev–Trinajstić information content (AvgIpc) is 2.48. The highest BCUT2D eigenvalue weighted by Crippen LogP contribution is 2.14. The molecule has 0 fully saturated rings. The van der Waals surface area contributed by atoms with E-state index in [-0.39, 0.29) is 12.0 Å². The third-order valence-electron chi connectivity index (χ3n) is 2.85. The quantitative estimate of drug-likeness (QED) is 0.887. The van der Waals surface area contributed by atoms with Gasteiger partial charge in [-0.25, -0.2) is 0 Å². The standard InChI is InChI=1S/C17H20N2O2/c1-13(2)21-16-8-6-14(7-9-16)11-17(20)19-12-15-5-3-4-10-18-15/h3-10,13H,11-12H2,1-2H3,(H,19,20). The minimum atomic E-state index is -0.0156. The first-order valence-corrected chi connectivity index (χ1v) is 7.05. The van der Waals surface area contributed by atoms with Gasteiger partial charge in [0.15, 0.2) is 0 Å². The van der Waals surface area contributed by atoms with Gasteiger partial charge in [0.1, 0.15) is 5.75 Å². The lowest BCUT2D eigenvalue weighted by atomic mass is 10.1. The summed E-state index contributed by atoms with van der Waals surface area (Å²) >= 11 is 0. The second-order valence-electron chi connectivity index (χ2n) is 5.09. The lowest BCUT2D eigenvalue weighted by Crippen LogP contribution is -2.24. The van der Waals surface area contributed by atoms with Crippen molar-refractivity contribution in [2.45, 2.75) is 32.9 Å². The fraction of sp³-hybridized carbons (Fsp3) is 0.294. The molecule has 21 heavy (non-hydrogen) atoms. The van der Waals surface area contributed by atoms with E-state index in [1.54, 1.807) is 6.20 Å². The molecule has 110 valence electrons. The van der Waals surface area contributed by atoms with E-state index in [0.717, 1.165) is 17.0 Å². The summed E-state index contributed by atoms with van der Waals surface area (Å²) < 4.78 is 5.57. The van der Waals surface area contributed by atoms with Crippen LogP contribution in [0.2, 0.25) is 0 Å². The molecule has 0 atom stereocenters. The zero-order valence-electron chi connectivity index (χ0n) is 12.4. The van der Waals surface area contributed by atoms with Crippen molar-refractivity contribution in [2.24, 2.45) is 0 Å². The molecule has 1 heterocycles. The number of benzene rings is 1. The molecule has 2 aromatic rings. The van der Waals surface area contributed by atoms with Crippen LogP contribution in [0.3, 0.4) is 0 Å². The Morgan fingerprint density at radius 1 is 1.19 bits per heavy atom. The van der Waals surface area contributed by atoms with E-state index in [9.17, 15) is 4.79 Å². The minimum absolute atomic E-state index is 0.0156. The van der Waals surface area contributed by atoms with Gasteiger partial charge in [-0.1, -0.05) is 18.2 Å². The number of aromatic nitrogens is 1. The van der Waals surface area contributed by atoms with Crippen molar-refractivity contribution in [3.8, 4) is 5.75 Å². The van der Waals surface area contributed by atoms with Gasteiger partial charge in [0.05, 0.1) is 24.8 Å². The molecule has 0 unspecified atom stereocenters. The normalized spacial score (nSPS) is 10.4. The lowest BCUT2D eigenvalue weighted by Gasteiger charge is -2.10. The predicted molar refractivity (Wildman–Crippen MR) is 82.0 cm³/mol. The molecule has 0 aliphatic heterocycles. The molecule has 1 aromatic heterocycles. The van der Waals surface area contributed by atoms with Gasteiger partial charge in [-0.05, 0) is 43.7 Å². The van der Waals surface area contributed by atoms with Crippen LogP contribution in [-0.4, -0.2) is 17.0 Å². The maximum Gasteiger partial charge on any atom is 0.224 e. The molecule has 0 bridgehead atoms. The predicted octanol–water partition coefficient (Wildman–Crippen LogP) is 2.73. The molecule has 2 rings (SSSR count). The largest absolute Gasteiger partial charge is 0.491 e. The highest BCUT2D eigenvalue weighted by molar-refractivity contribution is 5.78. The number of nitrogens with zero attached hydrogens (tertiary/aromatic N) is 1. The average molecular weight is 284 g/mol. The van der Waals surface area contributed by atoms with Crippen LogP contribution in [-0.2, 0) is 17.8 Å². The molecule has 0 aliphatic rings. The molecule has 4 heteroatoms. The SMILES string of the molecule is CC(C)Oc1ccc(CC(=O)NCc2ccccn2)cc1. The number of hydrogen-bond acceptors (Lipinski definition) is 3. The number of amides is 1. The molecule has 0 aliphatic carbocycles. The van der Waals surface area contributed by atoms with Crippen molar-refractivity contribution in [3.63, 3.8) is 0 Å². The van der Waals surface area contributed by atoms with E-state index in [1.807, 2.05) is 56.3 Å². The zero-order valence-corrected chi connectivity index (χ0v) is 12.4. The van der Waals surface area contributed by atoms with Crippen LogP contribution in [0.1, 0.15) is 25.1 Å². The Kier molecular flexibility index (Phi) is 5.32. The molecule has 0 radical (unpaired) electrons. The van der Waals surface area contributed by atoms with Crippen LogP contribution in [0.25, 0.3) is 0 Å². The zero-order chi connectivity index (χ0) is 15.1. The topological polar surface area (TPSA) is 51.2 Å². The second kappa shape index (κ2) is 7.43. The van der Waals surface area contributed by atoms with Crippen molar-refractivity contribution in [1.82, 2.24) is 10.3 Å². The van der Waals surface area contributed by atoms with Gasteiger partial charge >= 0.3 is 0 Å². The van der Waals surface area contributed by atoms with Gasteiger partial charge in [-0.3, -0.25) is 9.78 Å². The van der Waals surface area contributed by atoms with Crippen LogP contribution >= 0.6 is 0 Å². The first-order valence-electron chi connectivity index (χ1n) is 7.05. The van der Waals surface area contributed by atoms with Crippen LogP contribution in [0, 0.1) is 0 Å². The Hall–Kier alpha value is -2.36. The molecule has 1 amide bonds. The summed E-state index contributed by atoms with van der Waals surface area (Å²) in [6.45, 7) is 4.42. The first-order chi connectivity index (χ1) is 10.1. The van der Waals surface area contributed by atoms with Crippen molar-refractivity contribution in [1.29, 1.82) is 0 Å². The Labute approximate surface area is 125 Å². The van der Waals surface area contributed by atoms with Crippen molar-refractivity contribution in [3.05, 3.63) is 59.9 Å². The summed E-state index contributed by atoms with van der Waals surface area (Å²) in [5.41, 5.74) is 1.82. The van der Waals surface area contributed by atoms with E-state index in [1.165, 1.54) is 0 Å². The summed E-state index contributed by atoms with van der Waals surface area (Å²) in [5.74, 6) is 0.806. The number of carbonyl (C=O) groups is 1. The Morgan fingerprint density at radius 2 is 1.95 bits per heavy atom. The fourth-order valence-corrected chi connectivity index (χ4v) is 1.90. The molecule has 0 saturated carbocycles. The number of rotatable bonds is 6. The van der Waals surface area contributed by atoms with Gasteiger partial charge in [0, 0.05) is 6.20 Å². The summed E-state index contributed by atoms with van der Waals surface area (Å²) in [7, 11) is 0. The monoisotopic (exact) mass is 284 g/mol. The smallest absolute Gasteiger partial charge is 0.224 e.